The summed E-state index contributed by atoms with van der Waals surface area (Å²) in [5.41, 5.74) is 2.46. The van der Waals surface area contributed by atoms with E-state index in [1.54, 1.807) is 18.3 Å². The number of hydrogen-bond donors (Lipinski definition) is 1. The molecule has 1 aromatic heterocycles. The number of imidazole rings is 1. The quantitative estimate of drug-likeness (QED) is 0.195. The van der Waals surface area contributed by atoms with Gasteiger partial charge >= 0.3 is 6.18 Å². The van der Waals surface area contributed by atoms with Gasteiger partial charge in [-0.15, -0.1) is 0 Å². The molecule has 1 heterocycles. The van der Waals surface area contributed by atoms with Gasteiger partial charge in [0.05, 0.1) is 5.56 Å². The van der Waals surface area contributed by atoms with Crippen LogP contribution in [0.1, 0.15) is 35.4 Å². The minimum Gasteiger partial charge on any atom is -0.348 e. The van der Waals surface area contributed by atoms with Crippen molar-refractivity contribution in [3.05, 3.63) is 118 Å². The predicted octanol–water partition coefficient (Wildman–Crippen LogP) is 6.97. The van der Waals surface area contributed by atoms with Gasteiger partial charge in [-0.25, -0.2) is 4.98 Å². The molecular weight excluding hydrogens is 500 g/mol. The molecule has 0 saturated carbocycles. The summed E-state index contributed by atoms with van der Waals surface area (Å²) in [5, 5.41) is 0. The molecule has 0 fully saturated rings. The third-order valence-corrected chi connectivity index (χ3v) is 5.95. The van der Waals surface area contributed by atoms with Gasteiger partial charge in [-0.3, -0.25) is 0 Å². The van der Waals surface area contributed by atoms with Gasteiger partial charge in [-0.05, 0) is 42.2 Å². The molecule has 2 nitrogen and oxygen atoms in total. The van der Waals surface area contributed by atoms with Crippen molar-refractivity contribution >= 4 is 28.7 Å². The van der Waals surface area contributed by atoms with Crippen molar-refractivity contribution in [3.8, 4) is 0 Å². The van der Waals surface area contributed by atoms with Crippen LogP contribution in [0, 0.1) is 0 Å². The topological polar surface area (TPSA) is 28.7 Å². The first-order chi connectivity index (χ1) is 16.4. The second-order valence-corrected chi connectivity index (χ2v) is 8.96. The van der Waals surface area contributed by atoms with E-state index in [1.807, 2.05) is 36.5 Å². The molecule has 0 spiro atoms. The molecule has 4 aromatic rings. The molecule has 0 aliphatic heterocycles. The van der Waals surface area contributed by atoms with Crippen LogP contribution in [0.5, 0.6) is 0 Å². The summed E-state index contributed by atoms with van der Waals surface area (Å²) in [6.45, 7) is 0. The number of aromatic amines is 1. The lowest BCUT2D eigenvalue weighted by atomic mass is 9.66. The van der Waals surface area contributed by atoms with Gasteiger partial charge in [0, 0.05) is 23.3 Å². The molecule has 1 N–H and O–H groups in total. The molecule has 0 aliphatic carbocycles. The third kappa shape index (κ3) is 8.86. The lowest BCUT2D eigenvalue weighted by Gasteiger charge is -2.12. The average Bonchev–Trinajstić information content (AvgIpc) is 3.34. The largest absolute Gasteiger partial charge is 0.416 e. The first kappa shape index (κ1) is 25.8. The van der Waals surface area contributed by atoms with Gasteiger partial charge in [0.15, 0.2) is 7.28 Å². The molecule has 0 unspecified atom stereocenters. The SMILES string of the molecule is Brc1ccc(Cc2ncc[nH]2)cc1.FC(F)(F)c1ccccc1CCCCBc1ccccc1. The van der Waals surface area contributed by atoms with Gasteiger partial charge < -0.3 is 4.98 Å². The molecule has 0 amide bonds. The molecular formula is C27H27BBrF3N2. The van der Waals surface area contributed by atoms with Gasteiger partial charge in [0.25, 0.3) is 0 Å². The maximum Gasteiger partial charge on any atom is 0.416 e. The Balaban J connectivity index is 0.000000212. The number of benzene rings is 3. The van der Waals surface area contributed by atoms with Crippen LogP contribution < -0.4 is 5.46 Å². The predicted molar refractivity (Wildman–Crippen MR) is 138 cm³/mol. The fourth-order valence-corrected chi connectivity index (χ4v) is 3.94. The van der Waals surface area contributed by atoms with E-state index in [1.165, 1.54) is 23.2 Å². The summed E-state index contributed by atoms with van der Waals surface area (Å²) in [4.78, 5) is 7.24. The Morgan fingerprint density at radius 2 is 1.56 bits per heavy atom. The summed E-state index contributed by atoms with van der Waals surface area (Å²) in [5.74, 6) is 1.00. The number of halogens is 4. The van der Waals surface area contributed by atoms with E-state index >= 15 is 0 Å². The van der Waals surface area contributed by atoms with Crippen LogP contribution in [0.2, 0.25) is 6.32 Å². The number of aryl methyl sites for hydroxylation is 1. The number of nitrogens with one attached hydrogen (secondary N) is 1. The highest BCUT2D eigenvalue weighted by molar-refractivity contribution is 9.10. The molecule has 34 heavy (non-hydrogen) atoms. The van der Waals surface area contributed by atoms with E-state index in [9.17, 15) is 13.2 Å². The second kappa shape index (κ2) is 13.2. The number of aromatic nitrogens is 2. The van der Waals surface area contributed by atoms with Crippen molar-refractivity contribution in [3.63, 3.8) is 0 Å². The summed E-state index contributed by atoms with van der Waals surface area (Å²) in [6, 6.07) is 24.3. The zero-order valence-electron chi connectivity index (χ0n) is 18.9. The molecule has 0 saturated heterocycles. The van der Waals surface area contributed by atoms with E-state index in [0.717, 1.165) is 43.2 Å². The highest BCUT2D eigenvalue weighted by Gasteiger charge is 2.32. The first-order valence-electron chi connectivity index (χ1n) is 11.3. The summed E-state index contributed by atoms with van der Waals surface area (Å²) in [6.07, 6.45) is 3.47. The van der Waals surface area contributed by atoms with E-state index < -0.39 is 11.7 Å². The maximum atomic E-state index is 12.8. The Morgan fingerprint density at radius 3 is 2.24 bits per heavy atom. The standard InChI is InChI=1S/C17H18BF3.C10H9BrN2/c19-17(20,21)16-12-5-4-8-14(16)9-6-7-13-18-15-10-2-1-3-11-15;11-9-3-1-8(2-4-9)7-10-12-5-6-13-10/h1-5,8,10-12,18H,6-7,9,13H2;1-6H,7H2,(H,12,13). The Morgan fingerprint density at radius 1 is 0.853 bits per heavy atom. The fraction of sp³-hybridized carbons (Fsp3) is 0.222. The van der Waals surface area contributed by atoms with E-state index in [0.29, 0.717) is 12.0 Å². The van der Waals surface area contributed by atoms with Crippen LogP contribution >= 0.6 is 15.9 Å². The Bertz CT molecular complexity index is 1100. The number of nitrogens with zero attached hydrogens (tertiary/aromatic N) is 1. The molecule has 176 valence electrons. The van der Waals surface area contributed by atoms with Crippen LogP contribution in [0.3, 0.4) is 0 Å². The van der Waals surface area contributed by atoms with Crippen LogP contribution in [0.25, 0.3) is 0 Å². The fourth-order valence-electron chi connectivity index (χ4n) is 3.67. The minimum absolute atomic E-state index is 0.407. The molecule has 0 atom stereocenters. The lowest BCUT2D eigenvalue weighted by Crippen LogP contribution is -2.12. The average molecular weight is 527 g/mol. The normalized spacial score (nSPS) is 10.9. The molecule has 7 heteroatoms. The van der Waals surface area contributed by atoms with Gasteiger partial charge in [-0.2, -0.15) is 13.2 Å². The van der Waals surface area contributed by atoms with E-state index in [-0.39, 0.29) is 0 Å². The summed E-state index contributed by atoms with van der Waals surface area (Å²) in [7, 11) is 0.988. The van der Waals surface area contributed by atoms with Gasteiger partial charge in [0.2, 0.25) is 0 Å². The molecule has 0 aliphatic rings. The molecule has 0 radical (unpaired) electrons. The number of rotatable bonds is 8. The Hall–Kier alpha value is -2.80. The number of H-pyrrole nitrogens is 1. The Kier molecular flexibility index (Phi) is 10.0. The Labute approximate surface area is 208 Å². The zero-order chi connectivity index (χ0) is 24.2. The second-order valence-electron chi connectivity index (χ2n) is 8.04. The summed E-state index contributed by atoms with van der Waals surface area (Å²) < 4.78 is 39.6. The maximum absolute atomic E-state index is 12.8. The number of hydrogen-bond acceptors (Lipinski definition) is 1. The molecule has 0 bridgehead atoms. The third-order valence-electron chi connectivity index (χ3n) is 5.42. The highest BCUT2D eigenvalue weighted by atomic mass is 79.9. The van der Waals surface area contributed by atoms with Gasteiger partial charge in [0.1, 0.15) is 5.82 Å². The summed E-state index contributed by atoms with van der Waals surface area (Å²) >= 11 is 3.40. The van der Waals surface area contributed by atoms with Crippen molar-refractivity contribution in [2.75, 3.05) is 0 Å². The van der Waals surface area contributed by atoms with Crippen molar-refractivity contribution in [1.29, 1.82) is 0 Å². The van der Waals surface area contributed by atoms with Crippen molar-refractivity contribution < 1.29 is 13.2 Å². The minimum atomic E-state index is -4.25. The molecule has 3 aromatic carbocycles. The van der Waals surface area contributed by atoms with Crippen molar-refractivity contribution in [1.82, 2.24) is 9.97 Å². The lowest BCUT2D eigenvalue weighted by molar-refractivity contribution is -0.138. The monoisotopic (exact) mass is 526 g/mol. The van der Waals surface area contributed by atoms with Crippen molar-refractivity contribution in [2.24, 2.45) is 0 Å². The van der Waals surface area contributed by atoms with E-state index in [4.69, 9.17) is 0 Å². The number of alkyl halides is 3. The van der Waals surface area contributed by atoms with Crippen molar-refractivity contribution in [2.45, 2.75) is 38.2 Å². The van der Waals surface area contributed by atoms with E-state index in [2.05, 4.69) is 50.2 Å². The highest BCUT2D eigenvalue weighted by Crippen LogP contribution is 2.32. The number of unbranched alkanes of at least 4 members (excludes halogenated alkanes) is 1. The van der Waals surface area contributed by atoms with Crippen LogP contribution in [-0.4, -0.2) is 17.2 Å². The zero-order valence-corrected chi connectivity index (χ0v) is 20.4. The molecule has 4 rings (SSSR count). The smallest absolute Gasteiger partial charge is 0.348 e. The van der Waals surface area contributed by atoms with Crippen LogP contribution in [-0.2, 0) is 19.0 Å². The van der Waals surface area contributed by atoms with Crippen LogP contribution in [0.15, 0.2) is 95.7 Å². The van der Waals surface area contributed by atoms with Gasteiger partial charge in [-0.1, -0.05) is 94.8 Å². The van der Waals surface area contributed by atoms with Crippen LogP contribution in [0.4, 0.5) is 13.2 Å². The first-order valence-corrected chi connectivity index (χ1v) is 12.1.